The van der Waals surface area contributed by atoms with Crippen molar-refractivity contribution in [3.63, 3.8) is 0 Å². The minimum absolute atomic E-state index is 0.286. The predicted octanol–water partition coefficient (Wildman–Crippen LogP) is 5.44. The zero-order valence-electron chi connectivity index (χ0n) is 9.66. The Bertz CT molecular complexity index is 756. The molecule has 0 aliphatic heterocycles. The van der Waals surface area contributed by atoms with Crippen molar-refractivity contribution in [3.8, 4) is 0 Å². The van der Waals surface area contributed by atoms with Gasteiger partial charge in [-0.15, -0.1) is 11.3 Å². The van der Waals surface area contributed by atoms with E-state index < -0.39 is 0 Å². The lowest BCUT2D eigenvalue weighted by Crippen LogP contribution is -1.91. The molecule has 19 heavy (non-hydrogen) atoms. The maximum atomic E-state index is 13.8. The van der Waals surface area contributed by atoms with Crippen molar-refractivity contribution < 1.29 is 4.39 Å². The first-order valence-corrected chi connectivity index (χ1v) is 7.60. The van der Waals surface area contributed by atoms with Crippen LogP contribution in [0.3, 0.4) is 0 Å². The maximum Gasteiger partial charge on any atom is 0.128 e. The fourth-order valence-corrected chi connectivity index (χ4v) is 3.63. The Kier molecular flexibility index (Phi) is 3.56. The number of rotatable bonds is 2. The van der Waals surface area contributed by atoms with Gasteiger partial charge in [0.1, 0.15) is 5.82 Å². The number of nitrogens with zero attached hydrogens (tertiary/aromatic N) is 1. The summed E-state index contributed by atoms with van der Waals surface area (Å²) in [6.45, 7) is 0. The van der Waals surface area contributed by atoms with Crippen LogP contribution in [0.15, 0.2) is 40.9 Å². The zero-order valence-corrected chi connectivity index (χ0v) is 12.8. The molecule has 0 aliphatic rings. The highest BCUT2D eigenvalue weighted by Gasteiger charge is 2.10. The minimum Gasteiger partial charge on any atom is -0.240 e. The normalized spacial score (nSPS) is 11.1. The van der Waals surface area contributed by atoms with Crippen LogP contribution >= 0.6 is 38.9 Å². The quantitative estimate of drug-likeness (QED) is 0.595. The second-order valence-electron chi connectivity index (χ2n) is 4.11. The van der Waals surface area contributed by atoms with Gasteiger partial charge in [-0.25, -0.2) is 9.37 Å². The van der Waals surface area contributed by atoms with Crippen molar-refractivity contribution in [1.29, 1.82) is 0 Å². The summed E-state index contributed by atoms with van der Waals surface area (Å²) >= 11 is 10.8. The van der Waals surface area contributed by atoms with Gasteiger partial charge in [0.2, 0.25) is 0 Å². The average molecular weight is 357 g/mol. The molecule has 5 heteroatoms. The Morgan fingerprint density at radius 3 is 2.84 bits per heavy atom. The third-order valence-electron chi connectivity index (χ3n) is 2.77. The molecule has 0 atom stereocenters. The van der Waals surface area contributed by atoms with E-state index in [1.165, 1.54) is 6.07 Å². The molecule has 0 saturated heterocycles. The van der Waals surface area contributed by atoms with E-state index in [9.17, 15) is 4.39 Å². The Labute approximate surface area is 127 Å². The molecule has 0 saturated carbocycles. The second-order valence-corrected chi connectivity index (χ2v) is 6.51. The third kappa shape index (κ3) is 2.66. The zero-order chi connectivity index (χ0) is 13.4. The van der Waals surface area contributed by atoms with E-state index in [1.54, 1.807) is 23.5 Å². The molecule has 3 aromatic rings. The fraction of sp³-hybridized carbons (Fsp3) is 0.0714. The van der Waals surface area contributed by atoms with Crippen molar-refractivity contribution >= 4 is 49.1 Å². The number of halogens is 3. The van der Waals surface area contributed by atoms with Crippen LogP contribution in [0.1, 0.15) is 10.6 Å². The van der Waals surface area contributed by atoms with E-state index in [4.69, 9.17) is 11.6 Å². The molecule has 0 bridgehead atoms. The SMILES string of the molecule is Fc1cc(Cl)ccc1Cc1nc2c(Br)cccc2s1. The van der Waals surface area contributed by atoms with Gasteiger partial charge in [0, 0.05) is 15.9 Å². The molecule has 0 radical (unpaired) electrons. The lowest BCUT2D eigenvalue weighted by molar-refractivity contribution is 0.614. The standard InChI is InChI=1S/C14H8BrClFNS/c15-10-2-1-3-12-14(10)18-13(19-12)6-8-4-5-9(16)7-11(8)17/h1-5,7H,6H2. The van der Waals surface area contributed by atoms with Crippen molar-refractivity contribution in [3.05, 3.63) is 62.3 Å². The van der Waals surface area contributed by atoms with Crippen LogP contribution in [0.5, 0.6) is 0 Å². The first kappa shape index (κ1) is 13.0. The van der Waals surface area contributed by atoms with Crippen LogP contribution in [0.2, 0.25) is 5.02 Å². The van der Waals surface area contributed by atoms with Gasteiger partial charge in [-0.1, -0.05) is 23.7 Å². The summed E-state index contributed by atoms with van der Waals surface area (Å²) in [7, 11) is 0. The first-order valence-electron chi connectivity index (χ1n) is 5.61. The predicted molar refractivity (Wildman–Crippen MR) is 81.5 cm³/mol. The smallest absolute Gasteiger partial charge is 0.128 e. The lowest BCUT2D eigenvalue weighted by Gasteiger charge is -2.00. The fourth-order valence-electron chi connectivity index (χ4n) is 1.86. The second kappa shape index (κ2) is 5.19. The molecule has 1 aromatic heterocycles. The highest BCUT2D eigenvalue weighted by atomic mass is 79.9. The lowest BCUT2D eigenvalue weighted by atomic mass is 10.1. The van der Waals surface area contributed by atoms with E-state index in [1.807, 2.05) is 18.2 Å². The molecule has 0 aliphatic carbocycles. The molecule has 1 nitrogen and oxygen atoms in total. The van der Waals surface area contributed by atoms with Crippen molar-refractivity contribution in [1.82, 2.24) is 4.98 Å². The third-order valence-corrected chi connectivity index (χ3v) is 4.67. The monoisotopic (exact) mass is 355 g/mol. The molecule has 0 spiro atoms. The number of para-hydroxylation sites is 1. The van der Waals surface area contributed by atoms with Gasteiger partial charge in [0.15, 0.2) is 0 Å². The van der Waals surface area contributed by atoms with Crippen LogP contribution < -0.4 is 0 Å². The van der Waals surface area contributed by atoms with Crippen molar-refractivity contribution in [2.24, 2.45) is 0 Å². The summed E-state index contributed by atoms with van der Waals surface area (Å²) in [5.74, 6) is -0.286. The molecule has 0 N–H and O–H groups in total. The first-order chi connectivity index (χ1) is 9.13. The summed E-state index contributed by atoms with van der Waals surface area (Å²) in [6, 6.07) is 10.7. The Morgan fingerprint density at radius 2 is 2.11 bits per heavy atom. The van der Waals surface area contributed by atoms with Gasteiger partial charge in [-0.2, -0.15) is 0 Å². The van der Waals surface area contributed by atoms with E-state index in [0.29, 0.717) is 17.0 Å². The molecule has 0 amide bonds. The van der Waals surface area contributed by atoms with Gasteiger partial charge in [0.25, 0.3) is 0 Å². The molecular weight excluding hydrogens is 349 g/mol. The van der Waals surface area contributed by atoms with Gasteiger partial charge >= 0.3 is 0 Å². The largest absolute Gasteiger partial charge is 0.240 e. The van der Waals surface area contributed by atoms with Crippen LogP contribution in [-0.2, 0) is 6.42 Å². The van der Waals surface area contributed by atoms with E-state index in [2.05, 4.69) is 20.9 Å². The summed E-state index contributed by atoms with van der Waals surface area (Å²) in [5.41, 5.74) is 1.54. The number of benzene rings is 2. The van der Waals surface area contributed by atoms with Crippen LogP contribution in [0, 0.1) is 5.82 Å². The number of hydrogen-bond donors (Lipinski definition) is 0. The van der Waals surface area contributed by atoms with Crippen LogP contribution in [0.25, 0.3) is 10.2 Å². The van der Waals surface area contributed by atoms with Crippen LogP contribution in [-0.4, -0.2) is 4.98 Å². The maximum absolute atomic E-state index is 13.8. The summed E-state index contributed by atoms with van der Waals surface area (Å²) in [4.78, 5) is 4.54. The van der Waals surface area contributed by atoms with Crippen molar-refractivity contribution in [2.45, 2.75) is 6.42 Å². The molecule has 96 valence electrons. The molecular formula is C14H8BrClFNS. The molecule has 0 fully saturated rings. The Morgan fingerprint density at radius 1 is 1.26 bits per heavy atom. The topological polar surface area (TPSA) is 12.9 Å². The van der Waals surface area contributed by atoms with Crippen molar-refractivity contribution in [2.75, 3.05) is 0 Å². The highest BCUT2D eigenvalue weighted by molar-refractivity contribution is 9.10. The van der Waals surface area contributed by atoms with Gasteiger partial charge < -0.3 is 0 Å². The average Bonchev–Trinajstić information content (AvgIpc) is 2.77. The van der Waals surface area contributed by atoms with E-state index in [0.717, 1.165) is 19.7 Å². The molecule has 2 aromatic carbocycles. The number of aromatic nitrogens is 1. The summed E-state index contributed by atoms with van der Waals surface area (Å²) in [5, 5.41) is 1.30. The summed E-state index contributed by atoms with van der Waals surface area (Å²) < 4.78 is 15.8. The minimum atomic E-state index is -0.286. The Hall–Kier alpha value is -0.970. The van der Waals surface area contributed by atoms with E-state index >= 15 is 0 Å². The van der Waals surface area contributed by atoms with E-state index in [-0.39, 0.29) is 5.82 Å². The molecule has 1 heterocycles. The number of thiazole rings is 1. The van der Waals surface area contributed by atoms with Gasteiger partial charge in [-0.3, -0.25) is 0 Å². The highest BCUT2D eigenvalue weighted by Crippen LogP contribution is 2.29. The summed E-state index contributed by atoms with van der Waals surface area (Å²) in [6.07, 6.45) is 0.481. The van der Waals surface area contributed by atoms with Crippen LogP contribution in [0.4, 0.5) is 4.39 Å². The number of hydrogen-bond acceptors (Lipinski definition) is 2. The van der Waals surface area contributed by atoms with Gasteiger partial charge in [-0.05, 0) is 45.8 Å². The number of fused-ring (bicyclic) bond motifs is 1. The molecule has 3 rings (SSSR count). The van der Waals surface area contributed by atoms with Gasteiger partial charge in [0.05, 0.1) is 15.2 Å². The molecule has 0 unspecified atom stereocenters. The Balaban J connectivity index is 1.99.